The highest BCUT2D eigenvalue weighted by Crippen LogP contribution is 2.53. The van der Waals surface area contributed by atoms with Gasteiger partial charge in [-0.2, -0.15) is 0 Å². The summed E-state index contributed by atoms with van der Waals surface area (Å²) in [6.45, 7) is 9.52. The third-order valence-corrected chi connectivity index (χ3v) is 14.8. The Morgan fingerprint density at radius 2 is 0.800 bits per heavy atom. The van der Waals surface area contributed by atoms with E-state index in [1.165, 1.54) is 99.4 Å². The zero-order valence-electron chi connectivity index (χ0n) is 37.0. The Balaban J connectivity index is 1.02. The molecule has 2 nitrogen and oxygen atoms in total. The molecule has 13 rings (SSSR count). The van der Waals surface area contributed by atoms with Gasteiger partial charge in [0, 0.05) is 22.1 Å². The second kappa shape index (κ2) is 13.8. The van der Waals surface area contributed by atoms with Crippen molar-refractivity contribution in [3.8, 4) is 72.7 Å². The van der Waals surface area contributed by atoms with E-state index in [0.717, 1.165) is 28.1 Å². The second-order valence-electron chi connectivity index (χ2n) is 19.1. The van der Waals surface area contributed by atoms with Crippen LogP contribution in [0.1, 0.15) is 49.9 Å². The fourth-order valence-electron chi connectivity index (χ4n) is 11.6. The Kier molecular flexibility index (Phi) is 8.03. The third kappa shape index (κ3) is 5.50. The molecular weight excluding hydrogens is 785 g/mol. The van der Waals surface area contributed by atoms with Crippen molar-refractivity contribution in [1.29, 1.82) is 0 Å². The normalized spacial score (nSPS) is 14.1. The average Bonchev–Trinajstić information content (AvgIpc) is 3.93. The molecule has 10 aromatic carbocycles. The highest BCUT2D eigenvalue weighted by Gasteiger charge is 2.37. The van der Waals surface area contributed by atoms with Gasteiger partial charge in [-0.15, -0.1) is 0 Å². The van der Waals surface area contributed by atoms with E-state index in [0.29, 0.717) is 0 Å². The first-order chi connectivity index (χ1) is 31.8. The number of nitrogens with zero attached hydrogens (tertiary/aromatic N) is 2. The molecule has 65 heavy (non-hydrogen) atoms. The molecule has 2 aliphatic rings. The summed E-state index contributed by atoms with van der Waals surface area (Å²) in [5, 5.41) is 5.04. The zero-order valence-corrected chi connectivity index (χ0v) is 37.0. The maximum Gasteiger partial charge on any atom is 0.145 e. The van der Waals surface area contributed by atoms with Crippen molar-refractivity contribution in [1.82, 2.24) is 9.55 Å². The fourth-order valence-corrected chi connectivity index (χ4v) is 11.6. The predicted molar refractivity (Wildman–Crippen MR) is 273 cm³/mol. The van der Waals surface area contributed by atoms with Crippen LogP contribution in [0.3, 0.4) is 0 Å². The SMILES string of the molecule is CC1(C)c2ccccc2-c2ccc(-c3c4ccccc4c(-c4ccc5c(c4)C(C)(C)c4ccccc4-5)c4cc(-c5ccc(-c6nc7ccccc7n6-c6ccccc6)cc5)ccc34)cc21. The molecule has 0 amide bonds. The summed E-state index contributed by atoms with van der Waals surface area (Å²) < 4.78 is 2.27. The van der Waals surface area contributed by atoms with Gasteiger partial charge in [0.05, 0.1) is 11.0 Å². The number of aromatic nitrogens is 2. The molecular formula is C63H46N2. The van der Waals surface area contributed by atoms with Crippen molar-refractivity contribution in [2.75, 3.05) is 0 Å². The lowest BCUT2D eigenvalue weighted by atomic mass is 9.79. The number of fused-ring (bicyclic) bond motifs is 9. The van der Waals surface area contributed by atoms with E-state index >= 15 is 0 Å². The molecule has 0 bridgehead atoms. The Morgan fingerprint density at radius 1 is 0.338 bits per heavy atom. The highest BCUT2D eigenvalue weighted by molar-refractivity contribution is 6.22. The van der Waals surface area contributed by atoms with Crippen molar-refractivity contribution in [3.63, 3.8) is 0 Å². The van der Waals surface area contributed by atoms with Crippen LogP contribution in [0.5, 0.6) is 0 Å². The van der Waals surface area contributed by atoms with E-state index < -0.39 is 0 Å². The number of rotatable bonds is 5. The van der Waals surface area contributed by atoms with Crippen molar-refractivity contribution >= 4 is 32.6 Å². The van der Waals surface area contributed by atoms with E-state index in [1.54, 1.807) is 0 Å². The molecule has 0 atom stereocenters. The van der Waals surface area contributed by atoms with Gasteiger partial charge in [-0.3, -0.25) is 4.57 Å². The standard InChI is InChI=1S/C63H46N2/c1-62(2)53-22-12-10-18-45(53)47-33-31-42(37-55(47)62)59-49-20-8-9-21-50(49)60(43-32-34-48-46-19-11-13-23-54(46)63(3,4)56(48)38-43)52-36-41(30-35-51(52)59)39-26-28-40(29-27-39)61-64-57-24-14-15-25-58(57)65(61)44-16-6-5-7-17-44/h5-38H,1-4H3. The van der Waals surface area contributed by atoms with Crippen LogP contribution in [-0.2, 0) is 10.8 Å². The van der Waals surface area contributed by atoms with Gasteiger partial charge in [0.1, 0.15) is 5.82 Å². The van der Waals surface area contributed by atoms with Gasteiger partial charge in [-0.1, -0.05) is 191 Å². The van der Waals surface area contributed by atoms with Crippen LogP contribution in [0.2, 0.25) is 0 Å². The van der Waals surface area contributed by atoms with Crippen molar-refractivity contribution < 1.29 is 0 Å². The van der Waals surface area contributed by atoms with E-state index in [9.17, 15) is 0 Å². The molecule has 11 aromatic rings. The van der Waals surface area contributed by atoms with Gasteiger partial charge in [0.25, 0.3) is 0 Å². The monoisotopic (exact) mass is 830 g/mol. The maximum absolute atomic E-state index is 5.17. The number of hydrogen-bond acceptors (Lipinski definition) is 1. The number of imidazole rings is 1. The first-order valence-electron chi connectivity index (χ1n) is 22.9. The Hall–Kier alpha value is -7.81. The summed E-state index contributed by atoms with van der Waals surface area (Å²) in [7, 11) is 0. The molecule has 0 N–H and O–H groups in total. The van der Waals surface area contributed by atoms with Gasteiger partial charge in [-0.25, -0.2) is 4.98 Å². The second-order valence-corrected chi connectivity index (χ2v) is 19.1. The minimum atomic E-state index is -0.115. The summed E-state index contributed by atoms with van der Waals surface area (Å²) >= 11 is 0. The van der Waals surface area contributed by atoms with E-state index in [1.807, 2.05) is 0 Å². The molecule has 0 saturated heterocycles. The summed E-state index contributed by atoms with van der Waals surface area (Å²) in [4.78, 5) is 5.17. The lowest BCUT2D eigenvalue weighted by Gasteiger charge is -2.24. The number of para-hydroxylation sites is 3. The van der Waals surface area contributed by atoms with Gasteiger partial charge in [0.15, 0.2) is 0 Å². The van der Waals surface area contributed by atoms with Crippen molar-refractivity contribution in [3.05, 3.63) is 229 Å². The first-order valence-corrected chi connectivity index (χ1v) is 22.9. The van der Waals surface area contributed by atoms with Crippen molar-refractivity contribution in [2.24, 2.45) is 0 Å². The van der Waals surface area contributed by atoms with E-state index in [2.05, 4.69) is 239 Å². The molecule has 0 saturated carbocycles. The maximum atomic E-state index is 5.17. The van der Waals surface area contributed by atoms with Gasteiger partial charge < -0.3 is 0 Å². The third-order valence-electron chi connectivity index (χ3n) is 14.8. The van der Waals surface area contributed by atoms with Gasteiger partial charge in [-0.05, 0) is 142 Å². The van der Waals surface area contributed by atoms with E-state index in [4.69, 9.17) is 4.98 Å². The minimum absolute atomic E-state index is 0.105. The summed E-state index contributed by atoms with van der Waals surface area (Å²) in [5.41, 5.74) is 22.4. The van der Waals surface area contributed by atoms with Crippen LogP contribution < -0.4 is 0 Å². The molecule has 0 spiro atoms. The van der Waals surface area contributed by atoms with Crippen LogP contribution in [0.25, 0.3) is 105 Å². The molecule has 0 fully saturated rings. The largest absolute Gasteiger partial charge is 0.292 e. The Morgan fingerprint density at radius 3 is 1.43 bits per heavy atom. The highest BCUT2D eigenvalue weighted by atomic mass is 15.1. The van der Waals surface area contributed by atoms with Crippen LogP contribution in [0.4, 0.5) is 0 Å². The zero-order chi connectivity index (χ0) is 43.6. The molecule has 1 heterocycles. The van der Waals surface area contributed by atoms with E-state index in [-0.39, 0.29) is 10.8 Å². The van der Waals surface area contributed by atoms with Gasteiger partial charge in [0.2, 0.25) is 0 Å². The average molecular weight is 831 g/mol. The summed E-state index contributed by atoms with van der Waals surface area (Å²) in [5.74, 6) is 0.933. The first kappa shape index (κ1) is 37.7. The molecule has 308 valence electrons. The molecule has 1 aromatic heterocycles. The summed E-state index contributed by atoms with van der Waals surface area (Å²) in [6, 6.07) is 76.5. The number of benzene rings is 10. The van der Waals surface area contributed by atoms with Gasteiger partial charge >= 0.3 is 0 Å². The number of hydrogen-bond donors (Lipinski definition) is 0. The lowest BCUT2D eigenvalue weighted by Crippen LogP contribution is -2.15. The van der Waals surface area contributed by atoms with Crippen LogP contribution in [0, 0.1) is 0 Å². The molecule has 2 aliphatic carbocycles. The lowest BCUT2D eigenvalue weighted by molar-refractivity contribution is 0.660. The Labute approximate surface area is 380 Å². The van der Waals surface area contributed by atoms with Crippen LogP contribution in [-0.4, -0.2) is 9.55 Å². The fraction of sp³-hybridized carbons (Fsp3) is 0.0952. The quantitative estimate of drug-likeness (QED) is 0.158. The van der Waals surface area contributed by atoms with Crippen LogP contribution >= 0.6 is 0 Å². The molecule has 0 aliphatic heterocycles. The molecule has 2 heteroatoms. The smallest absolute Gasteiger partial charge is 0.145 e. The summed E-state index contributed by atoms with van der Waals surface area (Å²) in [6.07, 6.45) is 0. The topological polar surface area (TPSA) is 17.8 Å². The van der Waals surface area contributed by atoms with Crippen molar-refractivity contribution in [2.45, 2.75) is 38.5 Å². The Bertz CT molecular complexity index is 3750. The van der Waals surface area contributed by atoms with Crippen LogP contribution in [0.15, 0.2) is 206 Å². The molecule has 0 unspecified atom stereocenters. The molecule has 0 radical (unpaired) electrons. The minimum Gasteiger partial charge on any atom is -0.292 e. The predicted octanol–water partition coefficient (Wildman–Crippen LogP) is 16.6.